The summed E-state index contributed by atoms with van der Waals surface area (Å²) in [5.74, 6) is -0.716. The van der Waals surface area contributed by atoms with E-state index in [1.807, 2.05) is 0 Å². The van der Waals surface area contributed by atoms with E-state index < -0.39 is 23.8 Å². The number of carbonyl (C=O) groups excluding carboxylic acids is 2. The molecule has 1 N–H and O–H groups in total. The van der Waals surface area contributed by atoms with Crippen molar-refractivity contribution >= 4 is 35.2 Å². The summed E-state index contributed by atoms with van der Waals surface area (Å²) in [7, 11) is 3.03. The molecule has 0 saturated carbocycles. The quantitative estimate of drug-likeness (QED) is 0.553. The van der Waals surface area contributed by atoms with Gasteiger partial charge in [-0.1, -0.05) is 11.6 Å². The minimum Gasteiger partial charge on any atom is -0.497 e. The van der Waals surface area contributed by atoms with Gasteiger partial charge in [-0.05, 0) is 49.4 Å². The van der Waals surface area contributed by atoms with E-state index in [1.54, 1.807) is 18.2 Å². The normalized spacial score (nSPS) is 11.8. The van der Waals surface area contributed by atoms with Crippen LogP contribution >= 0.6 is 11.6 Å². The third-order valence-electron chi connectivity index (χ3n) is 3.69. The molecule has 1 atom stereocenters. The molecular weight excluding hydrogens is 389 g/mol. The van der Waals surface area contributed by atoms with Gasteiger partial charge in [-0.2, -0.15) is 0 Å². The van der Waals surface area contributed by atoms with Crippen molar-refractivity contribution < 1.29 is 28.2 Å². The van der Waals surface area contributed by atoms with Gasteiger partial charge in [0.2, 0.25) is 0 Å². The zero-order valence-electron chi connectivity index (χ0n) is 15.5. The van der Waals surface area contributed by atoms with Crippen LogP contribution in [0.2, 0.25) is 5.02 Å². The van der Waals surface area contributed by atoms with E-state index in [0.29, 0.717) is 17.1 Å². The molecule has 0 aromatic heterocycles. The Morgan fingerprint density at radius 3 is 2.54 bits per heavy atom. The van der Waals surface area contributed by atoms with Crippen LogP contribution in [0.15, 0.2) is 42.5 Å². The molecule has 0 radical (unpaired) electrons. The van der Waals surface area contributed by atoms with Crippen LogP contribution in [0.1, 0.15) is 12.5 Å². The molecule has 1 amide bonds. The summed E-state index contributed by atoms with van der Waals surface area (Å²) in [6, 6.07) is 8.66. The molecule has 148 valence electrons. The van der Waals surface area contributed by atoms with E-state index in [9.17, 15) is 14.0 Å². The van der Waals surface area contributed by atoms with Crippen LogP contribution in [0.5, 0.6) is 11.5 Å². The van der Waals surface area contributed by atoms with Gasteiger partial charge in [0.05, 0.1) is 24.9 Å². The first-order chi connectivity index (χ1) is 13.3. The number of carbonyl (C=O) groups is 2. The predicted molar refractivity (Wildman–Crippen MR) is 104 cm³/mol. The Labute approximate surface area is 166 Å². The standard InChI is InChI=1S/C20H19ClFNO5/c1-12(20(25)23-17-7-5-14(22)11-16(17)21)28-19(24)9-4-13-10-15(26-2)6-8-18(13)27-3/h4-12H,1-3H3,(H,23,25)/b9-4+/t12-/m1/s1. The van der Waals surface area contributed by atoms with Gasteiger partial charge in [0.1, 0.15) is 17.3 Å². The number of nitrogens with one attached hydrogen (secondary N) is 1. The summed E-state index contributed by atoms with van der Waals surface area (Å²) in [4.78, 5) is 24.2. The highest BCUT2D eigenvalue weighted by molar-refractivity contribution is 6.33. The first-order valence-electron chi connectivity index (χ1n) is 8.20. The summed E-state index contributed by atoms with van der Waals surface area (Å²) in [6.07, 6.45) is 1.57. The minimum atomic E-state index is -1.09. The Morgan fingerprint density at radius 2 is 1.89 bits per heavy atom. The Bertz CT molecular complexity index is 900. The summed E-state index contributed by atoms with van der Waals surface area (Å²) in [6.45, 7) is 1.41. The number of amides is 1. The van der Waals surface area contributed by atoms with Gasteiger partial charge in [0.15, 0.2) is 6.10 Å². The van der Waals surface area contributed by atoms with Crippen molar-refractivity contribution in [1.29, 1.82) is 0 Å². The third kappa shape index (κ3) is 5.72. The SMILES string of the molecule is COc1ccc(OC)c(/C=C/C(=O)O[C@H](C)C(=O)Nc2ccc(F)cc2Cl)c1. The van der Waals surface area contributed by atoms with Gasteiger partial charge >= 0.3 is 5.97 Å². The fourth-order valence-corrected chi connectivity index (χ4v) is 2.43. The van der Waals surface area contributed by atoms with Gasteiger partial charge in [-0.3, -0.25) is 4.79 Å². The van der Waals surface area contributed by atoms with E-state index in [1.165, 1.54) is 39.4 Å². The molecule has 8 heteroatoms. The maximum Gasteiger partial charge on any atom is 0.331 e. The predicted octanol–water partition coefficient (Wildman–Crippen LogP) is 4.08. The lowest BCUT2D eigenvalue weighted by molar-refractivity contribution is -0.148. The topological polar surface area (TPSA) is 73.9 Å². The molecule has 0 unspecified atom stereocenters. The second-order valence-electron chi connectivity index (χ2n) is 5.63. The summed E-state index contributed by atoms with van der Waals surface area (Å²) < 4.78 is 28.5. The molecule has 0 aliphatic rings. The summed E-state index contributed by atoms with van der Waals surface area (Å²) in [5.41, 5.74) is 0.821. The molecule has 6 nitrogen and oxygen atoms in total. The van der Waals surface area contributed by atoms with Gasteiger partial charge in [-0.15, -0.1) is 0 Å². The lowest BCUT2D eigenvalue weighted by Gasteiger charge is -2.13. The summed E-state index contributed by atoms with van der Waals surface area (Å²) in [5, 5.41) is 2.51. The van der Waals surface area contributed by atoms with Crippen LogP contribution in [-0.2, 0) is 14.3 Å². The highest BCUT2D eigenvalue weighted by Crippen LogP contribution is 2.25. The molecule has 0 aliphatic heterocycles. The Kier molecular flexibility index (Phi) is 7.40. The van der Waals surface area contributed by atoms with Crippen molar-refractivity contribution in [2.24, 2.45) is 0 Å². The molecule has 0 fully saturated rings. The van der Waals surface area contributed by atoms with Crippen LogP contribution in [0.4, 0.5) is 10.1 Å². The molecule has 0 bridgehead atoms. The number of halogens is 2. The molecular formula is C20H19ClFNO5. The van der Waals surface area contributed by atoms with E-state index in [2.05, 4.69) is 5.32 Å². The lowest BCUT2D eigenvalue weighted by atomic mass is 10.1. The number of esters is 1. The van der Waals surface area contributed by atoms with E-state index in [0.717, 1.165) is 12.1 Å². The lowest BCUT2D eigenvalue weighted by Crippen LogP contribution is -2.29. The average Bonchev–Trinajstić information content (AvgIpc) is 2.68. The van der Waals surface area contributed by atoms with Crippen LogP contribution in [0.25, 0.3) is 6.08 Å². The van der Waals surface area contributed by atoms with Crippen molar-refractivity contribution in [3.8, 4) is 11.5 Å². The highest BCUT2D eigenvalue weighted by Gasteiger charge is 2.18. The highest BCUT2D eigenvalue weighted by atomic mass is 35.5. The Balaban J connectivity index is 2.00. The fraction of sp³-hybridized carbons (Fsp3) is 0.200. The number of ether oxygens (including phenoxy) is 3. The zero-order chi connectivity index (χ0) is 20.7. The fourth-order valence-electron chi connectivity index (χ4n) is 2.22. The summed E-state index contributed by atoms with van der Waals surface area (Å²) >= 11 is 5.86. The van der Waals surface area contributed by atoms with Crippen molar-refractivity contribution in [2.75, 3.05) is 19.5 Å². The third-order valence-corrected chi connectivity index (χ3v) is 4.00. The second kappa shape index (κ2) is 9.75. The number of hydrogen-bond acceptors (Lipinski definition) is 5. The maximum absolute atomic E-state index is 13.1. The smallest absolute Gasteiger partial charge is 0.331 e. The second-order valence-corrected chi connectivity index (χ2v) is 6.04. The van der Waals surface area contributed by atoms with Gasteiger partial charge in [-0.25, -0.2) is 9.18 Å². The van der Waals surface area contributed by atoms with Crippen molar-refractivity contribution in [1.82, 2.24) is 0 Å². The average molecular weight is 408 g/mol. The number of hydrogen-bond donors (Lipinski definition) is 1. The molecule has 0 spiro atoms. The molecule has 0 heterocycles. The molecule has 2 rings (SSSR count). The maximum atomic E-state index is 13.1. The Morgan fingerprint density at radius 1 is 1.14 bits per heavy atom. The van der Waals surface area contributed by atoms with E-state index >= 15 is 0 Å². The number of methoxy groups -OCH3 is 2. The zero-order valence-corrected chi connectivity index (χ0v) is 16.2. The molecule has 0 saturated heterocycles. The molecule has 2 aromatic carbocycles. The first kappa shape index (κ1) is 21.2. The molecule has 0 aliphatic carbocycles. The number of anilines is 1. The Hall–Kier alpha value is -3.06. The van der Waals surface area contributed by atoms with Gasteiger partial charge < -0.3 is 19.5 Å². The van der Waals surface area contributed by atoms with Crippen LogP contribution in [0.3, 0.4) is 0 Å². The van der Waals surface area contributed by atoms with Crippen LogP contribution < -0.4 is 14.8 Å². The van der Waals surface area contributed by atoms with E-state index in [4.69, 9.17) is 25.8 Å². The van der Waals surface area contributed by atoms with Gasteiger partial charge in [0.25, 0.3) is 5.91 Å². The van der Waals surface area contributed by atoms with Crippen molar-refractivity contribution in [3.05, 3.63) is 58.9 Å². The van der Waals surface area contributed by atoms with Gasteiger partial charge in [0, 0.05) is 11.6 Å². The molecule has 2 aromatic rings. The largest absolute Gasteiger partial charge is 0.497 e. The van der Waals surface area contributed by atoms with Crippen LogP contribution in [-0.4, -0.2) is 32.2 Å². The van der Waals surface area contributed by atoms with Crippen LogP contribution in [0, 0.1) is 5.82 Å². The van der Waals surface area contributed by atoms with E-state index in [-0.39, 0.29) is 10.7 Å². The van der Waals surface area contributed by atoms with Crippen molar-refractivity contribution in [2.45, 2.75) is 13.0 Å². The first-order valence-corrected chi connectivity index (χ1v) is 8.58. The molecule has 28 heavy (non-hydrogen) atoms. The minimum absolute atomic E-state index is 0.0388. The van der Waals surface area contributed by atoms with Crippen molar-refractivity contribution in [3.63, 3.8) is 0 Å². The monoisotopic (exact) mass is 407 g/mol. The number of rotatable bonds is 7. The number of benzene rings is 2.